The zero-order valence-electron chi connectivity index (χ0n) is 15.1. The van der Waals surface area contributed by atoms with Crippen LogP contribution in [0.2, 0.25) is 0 Å². The number of rotatable bonds is 3. The van der Waals surface area contributed by atoms with Gasteiger partial charge < -0.3 is 19.2 Å². The van der Waals surface area contributed by atoms with Crippen molar-refractivity contribution >= 4 is 22.8 Å². The molecule has 0 radical (unpaired) electrons. The standard InChI is InChI=1S/C20H18N6O2/c27-20(14-3-4-15-17(12-14)22-13-21-15)26-9-7-25(8-10-26)19-6-5-16(23-24-19)18-2-1-11-28-18/h1-6,11-13H,7-10H2,(H,21,22). The van der Waals surface area contributed by atoms with Crippen LogP contribution in [0.5, 0.6) is 0 Å². The fourth-order valence-electron chi connectivity index (χ4n) is 3.44. The van der Waals surface area contributed by atoms with Crippen LogP contribution in [0.1, 0.15) is 10.4 Å². The van der Waals surface area contributed by atoms with Crippen LogP contribution in [0.4, 0.5) is 5.82 Å². The molecule has 0 spiro atoms. The minimum atomic E-state index is 0.0374. The van der Waals surface area contributed by atoms with E-state index in [2.05, 4.69) is 25.1 Å². The summed E-state index contributed by atoms with van der Waals surface area (Å²) in [6, 6.07) is 13.1. The Morgan fingerprint density at radius 1 is 1.04 bits per heavy atom. The summed E-state index contributed by atoms with van der Waals surface area (Å²) in [5.74, 6) is 1.54. The molecule has 1 N–H and O–H groups in total. The molecule has 0 aliphatic carbocycles. The summed E-state index contributed by atoms with van der Waals surface area (Å²) in [4.78, 5) is 24.1. The molecule has 1 aliphatic heterocycles. The number of carbonyl (C=O) groups is 1. The molecule has 5 rings (SSSR count). The molecule has 1 fully saturated rings. The topological polar surface area (TPSA) is 91.2 Å². The van der Waals surface area contributed by atoms with E-state index in [4.69, 9.17) is 4.42 Å². The number of H-pyrrole nitrogens is 1. The molecule has 0 saturated carbocycles. The third-order valence-electron chi connectivity index (χ3n) is 4.98. The normalized spacial score (nSPS) is 14.6. The summed E-state index contributed by atoms with van der Waals surface area (Å²) >= 11 is 0. The van der Waals surface area contributed by atoms with E-state index in [9.17, 15) is 4.79 Å². The van der Waals surface area contributed by atoms with Gasteiger partial charge in [0.1, 0.15) is 5.69 Å². The maximum atomic E-state index is 12.8. The molecule has 0 bridgehead atoms. The SMILES string of the molecule is O=C(c1ccc2nc[nH]c2c1)N1CCN(c2ccc(-c3ccco3)nn2)CC1. The van der Waals surface area contributed by atoms with Crippen LogP contribution in [-0.4, -0.2) is 57.2 Å². The van der Waals surface area contributed by atoms with Gasteiger partial charge in [0.25, 0.3) is 5.91 Å². The Balaban J connectivity index is 1.25. The zero-order valence-corrected chi connectivity index (χ0v) is 15.1. The van der Waals surface area contributed by atoms with E-state index < -0.39 is 0 Å². The number of aromatic nitrogens is 4. The Morgan fingerprint density at radius 2 is 1.93 bits per heavy atom. The molecule has 8 nitrogen and oxygen atoms in total. The second-order valence-corrected chi connectivity index (χ2v) is 6.67. The monoisotopic (exact) mass is 374 g/mol. The number of piperazine rings is 1. The van der Waals surface area contributed by atoms with Gasteiger partial charge >= 0.3 is 0 Å². The van der Waals surface area contributed by atoms with Crippen LogP contribution in [0.3, 0.4) is 0 Å². The van der Waals surface area contributed by atoms with Crippen molar-refractivity contribution in [3.63, 3.8) is 0 Å². The van der Waals surface area contributed by atoms with Crippen LogP contribution in [-0.2, 0) is 0 Å². The first-order valence-corrected chi connectivity index (χ1v) is 9.13. The van der Waals surface area contributed by atoms with Crippen molar-refractivity contribution in [1.82, 2.24) is 25.1 Å². The molecule has 0 atom stereocenters. The third-order valence-corrected chi connectivity index (χ3v) is 4.98. The Labute approximate surface area is 160 Å². The van der Waals surface area contributed by atoms with Crippen molar-refractivity contribution < 1.29 is 9.21 Å². The molecule has 28 heavy (non-hydrogen) atoms. The first-order valence-electron chi connectivity index (χ1n) is 9.13. The lowest BCUT2D eigenvalue weighted by atomic mass is 10.1. The molecular weight excluding hydrogens is 356 g/mol. The summed E-state index contributed by atoms with van der Waals surface area (Å²) in [5.41, 5.74) is 3.11. The number of imidazole rings is 1. The average Bonchev–Trinajstić information content (AvgIpc) is 3.45. The van der Waals surface area contributed by atoms with Gasteiger partial charge in [0.15, 0.2) is 11.6 Å². The van der Waals surface area contributed by atoms with Gasteiger partial charge in [0.05, 0.1) is 23.6 Å². The van der Waals surface area contributed by atoms with E-state index in [0.717, 1.165) is 16.9 Å². The van der Waals surface area contributed by atoms with E-state index in [1.807, 2.05) is 47.4 Å². The largest absolute Gasteiger partial charge is 0.463 e. The zero-order chi connectivity index (χ0) is 18.9. The van der Waals surface area contributed by atoms with Gasteiger partial charge in [-0.15, -0.1) is 10.2 Å². The second-order valence-electron chi connectivity index (χ2n) is 6.67. The number of amides is 1. The van der Waals surface area contributed by atoms with Crippen LogP contribution in [0.25, 0.3) is 22.5 Å². The molecular formula is C20H18N6O2. The molecule has 4 aromatic rings. The molecule has 1 saturated heterocycles. The number of nitrogens with zero attached hydrogens (tertiary/aromatic N) is 5. The molecule has 140 valence electrons. The number of hydrogen-bond acceptors (Lipinski definition) is 6. The summed E-state index contributed by atoms with van der Waals surface area (Å²) in [6.45, 7) is 2.71. The fourth-order valence-corrected chi connectivity index (χ4v) is 3.44. The Hall–Kier alpha value is -3.68. The smallest absolute Gasteiger partial charge is 0.254 e. The quantitative estimate of drug-likeness (QED) is 0.593. The fraction of sp³-hybridized carbons (Fsp3) is 0.200. The van der Waals surface area contributed by atoms with Gasteiger partial charge in [-0.3, -0.25) is 4.79 Å². The van der Waals surface area contributed by atoms with Gasteiger partial charge in [-0.25, -0.2) is 4.98 Å². The molecule has 8 heteroatoms. The van der Waals surface area contributed by atoms with Crippen molar-refractivity contribution in [2.75, 3.05) is 31.1 Å². The summed E-state index contributed by atoms with van der Waals surface area (Å²) in [6.07, 6.45) is 3.25. The number of nitrogens with one attached hydrogen (secondary N) is 1. The van der Waals surface area contributed by atoms with Gasteiger partial charge in [-0.05, 0) is 42.5 Å². The van der Waals surface area contributed by atoms with E-state index in [-0.39, 0.29) is 5.91 Å². The van der Waals surface area contributed by atoms with Gasteiger partial charge in [0, 0.05) is 31.7 Å². The maximum absolute atomic E-state index is 12.8. The van der Waals surface area contributed by atoms with Gasteiger partial charge in [-0.1, -0.05) is 0 Å². The van der Waals surface area contributed by atoms with Gasteiger partial charge in [-0.2, -0.15) is 0 Å². The Bertz CT molecular complexity index is 1100. The number of hydrogen-bond donors (Lipinski definition) is 1. The summed E-state index contributed by atoms with van der Waals surface area (Å²) in [7, 11) is 0. The number of benzene rings is 1. The second kappa shape index (κ2) is 6.80. The van der Waals surface area contributed by atoms with Crippen LogP contribution in [0.15, 0.2) is 59.5 Å². The Morgan fingerprint density at radius 3 is 2.68 bits per heavy atom. The average molecular weight is 374 g/mol. The molecule has 4 heterocycles. The summed E-state index contributed by atoms with van der Waals surface area (Å²) in [5, 5.41) is 8.56. The number of furan rings is 1. The molecule has 3 aromatic heterocycles. The number of aromatic amines is 1. The lowest BCUT2D eigenvalue weighted by Crippen LogP contribution is -2.49. The molecule has 1 amide bonds. The van der Waals surface area contributed by atoms with Crippen LogP contribution in [0, 0.1) is 0 Å². The predicted octanol–water partition coefficient (Wildman–Crippen LogP) is 2.58. The highest BCUT2D eigenvalue weighted by molar-refractivity contribution is 5.97. The Kier molecular flexibility index (Phi) is 4.01. The lowest BCUT2D eigenvalue weighted by Gasteiger charge is -2.35. The van der Waals surface area contributed by atoms with E-state index >= 15 is 0 Å². The minimum absolute atomic E-state index is 0.0374. The number of anilines is 1. The first-order chi connectivity index (χ1) is 13.8. The van der Waals surface area contributed by atoms with Crippen LogP contribution < -0.4 is 4.90 Å². The van der Waals surface area contributed by atoms with Crippen LogP contribution >= 0.6 is 0 Å². The number of fused-ring (bicyclic) bond motifs is 1. The van der Waals surface area contributed by atoms with E-state index in [1.54, 1.807) is 12.6 Å². The van der Waals surface area contributed by atoms with Crippen molar-refractivity contribution in [2.24, 2.45) is 0 Å². The minimum Gasteiger partial charge on any atom is -0.463 e. The summed E-state index contributed by atoms with van der Waals surface area (Å²) < 4.78 is 5.34. The molecule has 1 aliphatic rings. The highest BCUT2D eigenvalue weighted by Gasteiger charge is 2.23. The van der Waals surface area contributed by atoms with Crippen molar-refractivity contribution in [3.8, 4) is 11.5 Å². The van der Waals surface area contributed by atoms with E-state index in [1.165, 1.54) is 0 Å². The van der Waals surface area contributed by atoms with E-state index in [0.29, 0.717) is 43.2 Å². The maximum Gasteiger partial charge on any atom is 0.254 e. The van der Waals surface area contributed by atoms with Crippen molar-refractivity contribution in [3.05, 3.63) is 60.6 Å². The predicted molar refractivity (Wildman–Crippen MR) is 104 cm³/mol. The first kappa shape index (κ1) is 16.5. The highest BCUT2D eigenvalue weighted by Crippen LogP contribution is 2.20. The highest BCUT2D eigenvalue weighted by atomic mass is 16.3. The van der Waals surface area contributed by atoms with Crippen molar-refractivity contribution in [1.29, 1.82) is 0 Å². The number of carbonyl (C=O) groups excluding carboxylic acids is 1. The lowest BCUT2D eigenvalue weighted by molar-refractivity contribution is 0.0746. The molecule has 1 aromatic carbocycles. The van der Waals surface area contributed by atoms with Gasteiger partial charge in [0.2, 0.25) is 0 Å². The van der Waals surface area contributed by atoms with Crippen molar-refractivity contribution in [2.45, 2.75) is 0 Å². The molecule has 0 unspecified atom stereocenters. The third kappa shape index (κ3) is 2.98.